The Bertz CT molecular complexity index is 591. The van der Waals surface area contributed by atoms with Gasteiger partial charge in [0.05, 0.1) is 12.2 Å². The molecule has 0 aliphatic rings. The van der Waals surface area contributed by atoms with Gasteiger partial charge >= 0.3 is 11.9 Å². The number of carbonyl (C=O) groups is 2. The fourth-order valence-electron chi connectivity index (χ4n) is 2.02. The van der Waals surface area contributed by atoms with Crippen LogP contribution in [0.15, 0.2) is 24.3 Å². The summed E-state index contributed by atoms with van der Waals surface area (Å²) in [5, 5.41) is 0. The van der Waals surface area contributed by atoms with E-state index in [1.165, 1.54) is 0 Å². The molecule has 26 heavy (non-hydrogen) atoms. The Labute approximate surface area is 164 Å². The number of hydrogen-bond acceptors (Lipinski definition) is 5. The van der Waals surface area contributed by atoms with E-state index in [9.17, 15) is 9.59 Å². The molecule has 0 aromatic heterocycles. The van der Waals surface area contributed by atoms with Crippen LogP contribution in [0, 0.1) is 0 Å². The van der Waals surface area contributed by atoms with E-state index < -0.39 is 19.7 Å². The fraction of sp³-hybridized carbons (Fsp3) is 0.579. The van der Waals surface area contributed by atoms with Gasteiger partial charge in [-0.2, -0.15) is 0 Å². The summed E-state index contributed by atoms with van der Waals surface area (Å²) in [6, 6.07) is 7.17. The Morgan fingerprint density at radius 2 is 1.65 bits per heavy atom. The molecule has 148 valence electrons. The van der Waals surface area contributed by atoms with Gasteiger partial charge in [0, 0.05) is 8.07 Å². The molecule has 1 rings (SSSR count). The zero-order valence-electron chi connectivity index (χ0n) is 16.6. The van der Waals surface area contributed by atoms with Crippen LogP contribution in [0.5, 0.6) is 0 Å². The highest BCUT2D eigenvalue weighted by molar-refractivity contribution is 6.76. The summed E-state index contributed by atoms with van der Waals surface area (Å²) < 4.78 is 10.6. The van der Waals surface area contributed by atoms with Gasteiger partial charge in [-0.15, -0.1) is 12.4 Å². The third kappa shape index (κ3) is 9.94. The highest BCUT2D eigenvalue weighted by Gasteiger charge is 2.20. The molecular weight excluding hydrogens is 370 g/mol. The maximum Gasteiger partial charge on any atom is 0.338 e. The summed E-state index contributed by atoms with van der Waals surface area (Å²) in [4.78, 5) is 23.9. The van der Waals surface area contributed by atoms with E-state index in [0.717, 1.165) is 11.6 Å². The third-order valence-corrected chi connectivity index (χ3v) is 5.15. The summed E-state index contributed by atoms with van der Waals surface area (Å²) >= 11 is 0. The Kier molecular flexibility index (Phi) is 9.56. The second-order valence-electron chi connectivity index (χ2n) is 8.49. The van der Waals surface area contributed by atoms with Crippen LogP contribution in [0.4, 0.5) is 0 Å². The van der Waals surface area contributed by atoms with Crippen LogP contribution in [0.1, 0.15) is 36.7 Å². The summed E-state index contributed by atoms with van der Waals surface area (Å²) in [6.07, 6.45) is 0.375. The van der Waals surface area contributed by atoms with Crippen molar-refractivity contribution in [1.82, 2.24) is 0 Å². The van der Waals surface area contributed by atoms with Gasteiger partial charge in [-0.3, -0.25) is 4.79 Å². The molecule has 0 radical (unpaired) electrons. The van der Waals surface area contributed by atoms with Crippen molar-refractivity contribution in [2.24, 2.45) is 5.73 Å². The molecule has 0 amide bonds. The second kappa shape index (κ2) is 10.1. The van der Waals surface area contributed by atoms with Crippen molar-refractivity contribution in [3.05, 3.63) is 35.4 Å². The molecule has 2 N–H and O–H groups in total. The molecule has 1 atom stereocenters. The van der Waals surface area contributed by atoms with Crippen molar-refractivity contribution in [3.8, 4) is 0 Å². The lowest BCUT2D eigenvalue weighted by atomic mass is 10.0. The van der Waals surface area contributed by atoms with Crippen LogP contribution in [-0.4, -0.2) is 38.3 Å². The van der Waals surface area contributed by atoms with Crippen LogP contribution < -0.4 is 5.73 Å². The predicted molar refractivity (Wildman–Crippen MR) is 110 cm³/mol. The Hall–Kier alpha value is -1.37. The molecule has 0 aliphatic heterocycles. The fourth-order valence-corrected chi connectivity index (χ4v) is 2.73. The van der Waals surface area contributed by atoms with Crippen molar-refractivity contribution in [1.29, 1.82) is 0 Å². The topological polar surface area (TPSA) is 78.6 Å². The van der Waals surface area contributed by atoms with Crippen LogP contribution in [-0.2, 0) is 20.7 Å². The maximum atomic E-state index is 12.0. The molecule has 0 heterocycles. The Balaban J connectivity index is 0.00000625. The van der Waals surface area contributed by atoms with Gasteiger partial charge in [0.15, 0.2) is 0 Å². The van der Waals surface area contributed by atoms with Crippen molar-refractivity contribution >= 4 is 32.4 Å². The first-order valence-electron chi connectivity index (χ1n) is 8.62. The number of hydrogen-bond donors (Lipinski definition) is 1. The number of halogens is 1. The first-order chi connectivity index (χ1) is 11.4. The maximum absolute atomic E-state index is 12.0. The molecule has 5 nitrogen and oxygen atoms in total. The average molecular weight is 402 g/mol. The summed E-state index contributed by atoms with van der Waals surface area (Å²) in [5.74, 6) is -0.747. The molecule has 0 aliphatic carbocycles. The first-order valence-corrected chi connectivity index (χ1v) is 12.3. The normalized spacial score (nSPS) is 12.7. The van der Waals surface area contributed by atoms with Gasteiger partial charge in [0.25, 0.3) is 0 Å². The molecule has 7 heteroatoms. The van der Waals surface area contributed by atoms with E-state index in [1.54, 1.807) is 24.3 Å². The van der Waals surface area contributed by atoms with E-state index >= 15 is 0 Å². The van der Waals surface area contributed by atoms with Gasteiger partial charge in [-0.25, -0.2) is 4.79 Å². The van der Waals surface area contributed by atoms with Crippen LogP contribution >= 0.6 is 12.4 Å². The van der Waals surface area contributed by atoms with E-state index in [1.807, 2.05) is 20.8 Å². The van der Waals surface area contributed by atoms with Crippen LogP contribution in [0.2, 0.25) is 25.7 Å². The lowest BCUT2D eigenvalue weighted by molar-refractivity contribution is -0.144. The lowest BCUT2D eigenvalue weighted by Crippen LogP contribution is -2.35. The predicted octanol–water partition coefficient (Wildman–Crippen LogP) is 3.81. The molecular formula is C19H32ClNO4Si. The van der Waals surface area contributed by atoms with Gasteiger partial charge in [-0.05, 0) is 50.9 Å². The van der Waals surface area contributed by atoms with E-state index in [-0.39, 0.29) is 24.3 Å². The van der Waals surface area contributed by atoms with Crippen LogP contribution in [0.3, 0.4) is 0 Å². The molecule has 0 spiro atoms. The minimum Gasteiger partial charge on any atom is -0.465 e. The summed E-state index contributed by atoms with van der Waals surface area (Å²) in [7, 11) is -1.23. The summed E-state index contributed by atoms with van der Waals surface area (Å²) in [6.45, 7) is 12.6. The third-order valence-electron chi connectivity index (χ3n) is 3.44. The lowest BCUT2D eigenvalue weighted by Gasteiger charge is -2.19. The smallest absolute Gasteiger partial charge is 0.338 e. The van der Waals surface area contributed by atoms with Crippen molar-refractivity contribution in [2.45, 2.75) is 64.5 Å². The molecule has 0 unspecified atom stereocenters. The van der Waals surface area contributed by atoms with E-state index in [4.69, 9.17) is 15.2 Å². The van der Waals surface area contributed by atoms with E-state index in [2.05, 4.69) is 19.6 Å². The number of benzene rings is 1. The van der Waals surface area contributed by atoms with Gasteiger partial charge in [-0.1, -0.05) is 31.8 Å². The highest BCUT2D eigenvalue weighted by Crippen LogP contribution is 2.14. The van der Waals surface area contributed by atoms with Gasteiger partial charge < -0.3 is 15.2 Å². The largest absolute Gasteiger partial charge is 0.465 e. The second-order valence-corrected chi connectivity index (χ2v) is 14.1. The summed E-state index contributed by atoms with van der Waals surface area (Å²) in [5.41, 5.74) is 6.75. The minimum absolute atomic E-state index is 0. The zero-order valence-corrected chi connectivity index (χ0v) is 18.4. The minimum atomic E-state index is -1.23. The van der Waals surface area contributed by atoms with Gasteiger partial charge in [0.1, 0.15) is 11.6 Å². The number of nitrogens with two attached hydrogens (primary N) is 1. The van der Waals surface area contributed by atoms with Crippen molar-refractivity contribution in [2.75, 3.05) is 6.61 Å². The standard InChI is InChI=1S/C19H31NO4Si.ClH/c1-19(2,3)24-17(21)15-9-7-14(8-10-15)13-16(20)18(22)23-11-12-25(4,5)6;/h7-10,16H,11-13,20H2,1-6H3;1H/t16-;/m0./s1. The number of rotatable bonds is 7. The van der Waals surface area contributed by atoms with Gasteiger partial charge in [0.2, 0.25) is 0 Å². The molecule has 1 aromatic rings. The highest BCUT2D eigenvalue weighted by atomic mass is 35.5. The first kappa shape index (κ1) is 24.6. The Morgan fingerprint density at radius 1 is 1.12 bits per heavy atom. The zero-order chi connectivity index (χ0) is 19.3. The monoisotopic (exact) mass is 401 g/mol. The molecule has 0 fully saturated rings. The Morgan fingerprint density at radius 3 is 2.12 bits per heavy atom. The average Bonchev–Trinajstić information content (AvgIpc) is 2.44. The molecule has 0 bridgehead atoms. The number of carbonyl (C=O) groups excluding carboxylic acids is 2. The van der Waals surface area contributed by atoms with Crippen molar-refractivity contribution in [3.63, 3.8) is 0 Å². The molecule has 0 saturated carbocycles. The molecule has 1 aromatic carbocycles. The number of esters is 2. The van der Waals surface area contributed by atoms with Crippen molar-refractivity contribution < 1.29 is 19.1 Å². The molecule has 0 saturated heterocycles. The van der Waals surface area contributed by atoms with E-state index in [0.29, 0.717) is 18.6 Å². The quantitative estimate of drug-likeness (QED) is 0.555. The SMILES string of the molecule is CC(C)(C)OC(=O)c1ccc(C[C@H](N)C(=O)OCC[Si](C)(C)C)cc1.Cl. The number of ether oxygens (including phenoxy) is 2. The van der Waals surface area contributed by atoms with Crippen LogP contribution in [0.25, 0.3) is 0 Å².